The molecular formula is C18H21FN2O3S. The minimum Gasteiger partial charge on any atom is -0.311 e. The van der Waals surface area contributed by atoms with E-state index in [1.165, 1.54) is 36.1 Å². The maximum atomic E-state index is 13.0. The Kier molecular flexibility index (Phi) is 6.27. The number of hydrogen-bond donors (Lipinski definition) is 1. The Hall–Kier alpha value is -2.25. The molecule has 0 aromatic heterocycles. The van der Waals surface area contributed by atoms with Crippen LogP contribution in [0.5, 0.6) is 0 Å². The summed E-state index contributed by atoms with van der Waals surface area (Å²) in [5.74, 6) is -0.651. The highest BCUT2D eigenvalue weighted by Gasteiger charge is 2.16. The van der Waals surface area contributed by atoms with Crippen LogP contribution < -0.4 is 9.62 Å². The number of carbonyl (C=O) groups is 1. The van der Waals surface area contributed by atoms with Crippen molar-refractivity contribution in [2.24, 2.45) is 0 Å². The van der Waals surface area contributed by atoms with Crippen LogP contribution in [0, 0.1) is 5.82 Å². The van der Waals surface area contributed by atoms with Crippen molar-refractivity contribution >= 4 is 21.6 Å². The van der Waals surface area contributed by atoms with Crippen molar-refractivity contribution in [3.63, 3.8) is 0 Å². The highest BCUT2D eigenvalue weighted by molar-refractivity contribution is 7.89. The van der Waals surface area contributed by atoms with E-state index < -0.39 is 15.8 Å². The second-order valence-electron chi connectivity index (χ2n) is 5.54. The van der Waals surface area contributed by atoms with Gasteiger partial charge in [0.05, 0.1) is 4.90 Å². The maximum absolute atomic E-state index is 13.0. The summed E-state index contributed by atoms with van der Waals surface area (Å²) >= 11 is 0. The summed E-state index contributed by atoms with van der Waals surface area (Å²) in [6.07, 6.45) is 0.832. The minimum atomic E-state index is -3.64. The van der Waals surface area contributed by atoms with Crippen LogP contribution in [0.2, 0.25) is 0 Å². The van der Waals surface area contributed by atoms with Gasteiger partial charge in [-0.05, 0) is 48.4 Å². The van der Waals surface area contributed by atoms with E-state index in [9.17, 15) is 17.6 Å². The third kappa shape index (κ3) is 5.11. The Labute approximate surface area is 147 Å². The van der Waals surface area contributed by atoms with Crippen LogP contribution in [0.3, 0.4) is 0 Å². The zero-order chi connectivity index (χ0) is 18.4. The Balaban J connectivity index is 2.03. The molecule has 2 rings (SSSR count). The topological polar surface area (TPSA) is 66.5 Å². The van der Waals surface area contributed by atoms with Crippen molar-refractivity contribution in [2.45, 2.75) is 25.2 Å². The van der Waals surface area contributed by atoms with Gasteiger partial charge in [-0.15, -0.1) is 0 Å². The summed E-state index contributed by atoms with van der Waals surface area (Å²) in [4.78, 5) is 13.4. The third-order valence-corrected chi connectivity index (χ3v) is 5.26. The van der Waals surface area contributed by atoms with E-state index in [4.69, 9.17) is 0 Å². The Bertz CT molecular complexity index is 818. The van der Waals surface area contributed by atoms with Crippen LogP contribution in [0.4, 0.5) is 10.1 Å². The molecule has 7 heteroatoms. The molecule has 0 aliphatic heterocycles. The lowest BCUT2D eigenvalue weighted by Gasteiger charge is -2.21. The summed E-state index contributed by atoms with van der Waals surface area (Å²) < 4.78 is 40.1. The molecule has 1 N–H and O–H groups in total. The van der Waals surface area contributed by atoms with Crippen LogP contribution in [0.15, 0.2) is 53.4 Å². The zero-order valence-corrected chi connectivity index (χ0v) is 15.0. The molecule has 0 aliphatic rings. The van der Waals surface area contributed by atoms with E-state index in [0.717, 1.165) is 12.0 Å². The minimum absolute atomic E-state index is 0.0504. The number of aryl methyl sites for hydroxylation is 1. The quantitative estimate of drug-likeness (QED) is 0.821. The van der Waals surface area contributed by atoms with E-state index in [1.807, 2.05) is 6.92 Å². The van der Waals surface area contributed by atoms with E-state index in [2.05, 4.69) is 4.72 Å². The number of amides is 1. The molecule has 2 aromatic rings. The van der Waals surface area contributed by atoms with Crippen molar-refractivity contribution in [1.29, 1.82) is 0 Å². The number of carbonyl (C=O) groups excluding carboxylic acids is 1. The van der Waals surface area contributed by atoms with Gasteiger partial charge in [0.1, 0.15) is 5.82 Å². The zero-order valence-electron chi connectivity index (χ0n) is 14.2. The van der Waals surface area contributed by atoms with Crippen molar-refractivity contribution in [1.82, 2.24) is 4.72 Å². The number of hydrogen-bond acceptors (Lipinski definition) is 3. The summed E-state index contributed by atoms with van der Waals surface area (Å²) in [5.41, 5.74) is 1.57. The van der Waals surface area contributed by atoms with E-state index in [-0.39, 0.29) is 23.9 Å². The molecule has 5 nitrogen and oxygen atoms in total. The first kappa shape index (κ1) is 19.1. The van der Waals surface area contributed by atoms with Gasteiger partial charge >= 0.3 is 0 Å². The molecule has 2 aromatic carbocycles. The number of halogens is 1. The summed E-state index contributed by atoms with van der Waals surface area (Å²) in [6.45, 7) is 3.57. The maximum Gasteiger partial charge on any atom is 0.240 e. The monoisotopic (exact) mass is 364 g/mol. The molecule has 0 radical (unpaired) electrons. The molecule has 0 heterocycles. The van der Waals surface area contributed by atoms with Crippen molar-refractivity contribution < 1.29 is 17.6 Å². The van der Waals surface area contributed by atoms with Gasteiger partial charge < -0.3 is 4.90 Å². The van der Waals surface area contributed by atoms with E-state index >= 15 is 0 Å². The Morgan fingerprint density at radius 1 is 1.08 bits per heavy atom. The fourth-order valence-corrected chi connectivity index (χ4v) is 3.39. The fraction of sp³-hybridized carbons (Fsp3) is 0.278. The smallest absolute Gasteiger partial charge is 0.240 e. The Morgan fingerprint density at radius 3 is 2.20 bits per heavy atom. The molecule has 1 amide bonds. The standard InChI is InChI=1S/C18H21FN2O3S/c1-3-15-4-10-18(11-5-15)25(23,24)20-12-13-21(14(2)22)17-8-6-16(19)7-9-17/h4-11,20H,3,12-13H2,1-2H3. The lowest BCUT2D eigenvalue weighted by molar-refractivity contribution is -0.116. The first-order valence-electron chi connectivity index (χ1n) is 7.96. The summed E-state index contributed by atoms with van der Waals surface area (Å²) in [6, 6.07) is 12.1. The molecule has 25 heavy (non-hydrogen) atoms. The first-order chi connectivity index (χ1) is 11.8. The van der Waals surface area contributed by atoms with E-state index in [1.54, 1.807) is 24.3 Å². The largest absolute Gasteiger partial charge is 0.311 e. The second kappa shape index (κ2) is 8.22. The van der Waals surface area contributed by atoms with Crippen molar-refractivity contribution in [3.8, 4) is 0 Å². The average molecular weight is 364 g/mol. The number of nitrogens with zero attached hydrogens (tertiary/aromatic N) is 1. The van der Waals surface area contributed by atoms with Crippen LogP contribution in [0.25, 0.3) is 0 Å². The molecule has 0 spiro atoms. The van der Waals surface area contributed by atoms with Gasteiger partial charge in [-0.1, -0.05) is 19.1 Å². The highest BCUT2D eigenvalue weighted by atomic mass is 32.2. The third-order valence-electron chi connectivity index (χ3n) is 3.79. The number of benzene rings is 2. The van der Waals surface area contributed by atoms with Gasteiger partial charge in [-0.3, -0.25) is 4.79 Å². The predicted molar refractivity (Wildman–Crippen MR) is 95.4 cm³/mol. The SMILES string of the molecule is CCc1ccc(S(=O)(=O)NCCN(C(C)=O)c2ccc(F)cc2)cc1. The van der Waals surface area contributed by atoms with Gasteiger partial charge in [-0.25, -0.2) is 17.5 Å². The van der Waals surface area contributed by atoms with Crippen molar-refractivity contribution in [3.05, 3.63) is 59.9 Å². The van der Waals surface area contributed by atoms with Crippen LogP contribution in [-0.2, 0) is 21.2 Å². The molecular weight excluding hydrogens is 343 g/mol. The molecule has 134 valence electrons. The van der Waals surface area contributed by atoms with Crippen molar-refractivity contribution in [2.75, 3.05) is 18.0 Å². The number of nitrogens with one attached hydrogen (secondary N) is 1. The molecule has 0 bridgehead atoms. The van der Waals surface area contributed by atoms with Gasteiger partial charge in [0, 0.05) is 25.7 Å². The highest BCUT2D eigenvalue weighted by Crippen LogP contribution is 2.15. The first-order valence-corrected chi connectivity index (χ1v) is 9.44. The summed E-state index contributed by atoms with van der Waals surface area (Å²) in [5, 5.41) is 0. The predicted octanol–water partition coefficient (Wildman–Crippen LogP) is 2.72. The number of anilines is 1. The fourth-order valence-electron chi connectivity index (χ4n) is 2.37. The summed E-state index contributed by atoms with van der Waals surface area (Å²) in [7, 11) is -3.64. The lowest BCUT2D eigenvalue weighted by atomic mass is 10.2. The van der Waals surface area contributed by atoms with Crippen LogP contribution >= 0.6 is 0 Å². The molecule has 0 atom stereocenters. The second-order valence-corrected chi connectivity index (χ2v) is 7.31. The molecule has 0 saturated heterocycles. The lowest BCUT2D eigenvalue weighted by Crippen LogP contribution is -2.37. The van der Waals surface area contributed by atoms with Crippen LogP contribution in [-0.4, -0.2) is 27.4 Å². The Morgan fingerprint density at radius 2 is 1.68 bits per heavy atom. The normalized spacial score (nSPS) is 11.3. The van der Waals surface area contributed by atoms with Gasteiger partial charge in [-0.2, -0.15) is 0 Å². The average Bonchev–Trinajstić information content (AvgIpc) is 2.59. The van der Waals surface area contributed by atoms with Gasteiger partial charge in [0.2, 0.25) is 15.9 Å². The molecule has 0 aliphatic carbocycles. The molecule has 0 unspecified atom stereocenters. The van der Waals surface area contributed by atoms with Gasteiger partial charge in [0.15, 0.2) is 0 Å². The molecule has 0 saturated carbocycles. The van der Waals surface area contributed by atoms with Gasteiger partial charge in [0.25, 0.3) is 0 Å². The van der Waals surface area contributed by atoms with Crippen LogP contribution in [0.1, 0.15) is 19.4 Å². The number of sulfonamides is 1. The molecule has 0 fully saturated rings. The van der Waals surface area contributed by atoms with E-state index in [0.29, 0.717) is 5.69 Å². The number of rotatable bonds is 7.